The molecule has 6 nitrogen and oxygen atoms in total. The molecule has 1 saturated heterocycles. The summed E-state index contributed by atoms with van der Waals surface area (Å²) < 4.78 is 38.6. The second kappa shape index (κ2) is 7.40. The van der Waals surface area contributed by atoms with Crippen molar-refractivity contribution in [1.29, 1.82) is 0 Å². The highest BCUT2D eigenvalue weighted by Crippen LogP contribution is 2.13. The largest absolute Gasteiger partial charge is 0.385 e. The molecule has 0 spiro atoms. The van der Waals surface area contributed by atoms with Gasteiger partial charge in [-0.3, -0.25) is 0 Å². The normalized spacial score (nSPS) is 26.4. The minimum absolute atomic E-state index is 0.0567. The van der Waals surface area contributed by atoms with Gasteiger partial charge < -0.3 is 9.47 Å². The van der Waals surface area contributed by atoms with Crippen molar-refractivity contribution in [3.63, 3.8) is 0 Å². The Morgan fingerprint density at radius 1 is 1.28 bits per heavy atom. The predicted octanol–water partition coefficient (Wildman–Crippen LogP) is 0.357. The minimum Gasteiger partial charge on any atom is -0.385 e. The van der Waals surface area contributed by atoms with Crippen LogP contribution in [0.15, 0.2) is 0 Å². The average molecular weight is 280 g/mol. The molecule has 0 saturated carbocycles. The van der Waals surface area contributed by atoms with E-state index >= 15 is 0 Å². The van der Waals surface area contributed by atoms with E-state index in [2.05, 4.69) is 4.72 Å². The third kappa shape index (κ3) is 5.19. The van der Waals surface area contributed by atoms with E-state index in [1.807, 2.05) is 13.8 Å². The molecule has 1 aliphatic rings. The van der Waals surface area contributed by atoms with Crippen molar-refractivity contribution in [3.8, 4) is 0 Å². The lowest BCUT2D eigenvalue weighted by atomic mass is 10.3. The SMILES string of the molecule is COCCCCNS(=O)(=O)N1CC(C)OC(C)C1. The molecule has 1 rings (SSSR count). The second-order valence-corrected chi connectivity index (χ2v) is 6.43. The van der Waals surface area contributed by atoms with Crippen LogP contribution in [0.1, 0.15) is 26.7 Å². The van der Waals surface area contributed by atoms with Gasteiger partial charge in [-0.05, 0) is 26.7 Å². The Balaban J connectivity index is 2.38. The van der Waals surface area contributed by atoms with Crippen molar-refractivity contribution in [3.05, 3.63) is 0 Å². The zero-order valence-corrected chi connectivity index (χ0v) is 12.2. The van der Waals surface area contributed by atoms with Crippen molar-refractivity contribution < 1.29 is 17.9 Å². The van der Waals surface area contributed by atoms with Gasteiger partial charge in [0.25, 0.3) is 10.2 Å². The molecule has 0 radical (unpaired) electrons. The van der Waals surface area contributed by atoms with Crippen molar-refractivity contribution in [1.82, 2.24) is 9.03 Å². The van der Waals surface area contributed by atoms with Crippen LogP contribution in [0.2, 0.25) is 0 Å². The van der Waals surface area contributed by atoms with Crippen LogP contribution < -0.4 is 4.72 Å². The van der Waals surface area contributed by atoms with E-state index in [-0.39, 0.29) is 12.2 Å². The summed E-state index contributed by atoms with van der Waals surface area (Å²) in [6.45, 7) is 5.71. The summed E-state index contributed by atoms with van der Waals surface area (Å²) in [5.41, 5.74) is 0. The van der Waals surface area contributed by atoms with Crippen LogP contribution >= 0.6 is 0 Å². The summed E-state index contributed by atoms with van der Waals surface area (Å²) in [5, 5.41) is 0. The summed E-state index contributed by atoms with van der Waals surface area (Å²) in [7, 11) is -1.73. The number of methoxy groups -OCH3 is 1. The zero-order valence-electron chi connectivity index (χ0n) is 11.4. The number of nitrogens with zero attached hydrogens (tertiary/aromatic N) is 1. The summed E-state index contributed by atoms with van der Waals surface area (Å²) in [5.74, 6) is 0. The Hall–Kier alpha value is -0.210. The lowest BCUT2D eigenvalue weighted by Crippen LogP contribution is -2.52. The summed E-state index contributed by atoms with van der Waals surface area (Å²) in [6, 6.07) is 0. The number of nitrogens with one attached hydrogen (secondary N) is 1. The Kier molecular flexibility index (Phi) is 6.51. The third-order valence-electron chi connectivity index (χ3n) is 2.79. The van der Waals surface area contributed by atoms with E-state index < -0.39 is 10.2 Å². The summed E-state index contributed by atoms with van der Waals surface area (Å²) >= 11 is 0. The number of hydrogen-bond donors (Lipinski definition) is 1. The maximum absolute atomic E-state index is 12.0. The Labute approximate surface area is 110 Å². The van der Waals surface area contributed by atoms with E-state index in [0.717, 1.165) is 12.8 Å². The third-order valence-corrected chi connectivity index (χ3v) is 4.33. The fourth-order valence-corrected chi connectivity index (χ4v) is 3.39. The molecule has 1 heterocycles. The molecular weight excluding hydrogens is 256 g/mol. The molecule has 0 aromatic carbocycles. The van der Waals surface area contributed by atoms with Crippen LogP contribution in [0.3, 0.4) is 0 Å². The molecule has 1 fully saturated rings. The van der Waals surface area contributed by atoms with Crippen molar-refractivity contribution in [2.75, 3.05) is 33.4 Å². The van der Waals surface area contributed by atoms with Crippen LogP contribution in [-0.4, -0.2) is 58.3 Å². The Morgan fingerprint density at radius 2 is 1.89 bits per heavy atom. The molecule has 1 aliphatic heterocycles. The Morgan fingerprint density at radius 3 is 2.44 bits per heavy atom. The molecule has 18 heavy (non-hydrogen) atoms. The van der Waals surface area contributed by atoms with E-state index in [1.54, 1.807) is 7.11 Å². The fourth-order valence-electron chi connectivity index (χ4n) is 1.99. The van der Waals surface area contributed by atoms with E-state index in [0.29, 0.717) is 26.2 Å². The van der Waals surface area contributed by atoms with Crippen LogP contribution in [-0.2, 0) is 19.7 Å². The van der Waals surface area contributed by atoms with Gasteiger partial charge in [-0.2, -0.15) is 12.7 Å². The van der Waals surface area contributed by atoms with Gasteiger partial charge in [0.1, 0.15) is 0 Å². The van der Waals surface area contributed by atoms with Gasteiger partial charge in [-0.15, -0.1) is 0 Å². The molecule has 0 amide bonds. The highest BCUT2D eigenvalue weighted by Gasteiger charge is 2.30. The van der Waals surface area contributed by atoms with Crippen molar-refractivity contribution in [2.45, 2.75) is 38.9 Å². The van der Waals surface area contributed by atoms with Crippen molar-refractivity contribution >= 4 is 10.2 Å². The first-order valence-corrected chi connectivity index (χ1v) is 7.79. The van der Waals surface area contributed by atoms with Gasteiger partial charge in [0.15, 0.2) is 0 Å². The van der Waals surface area contributed by atoms with Gasteiger partial charge in [0.05, 0.1) is 12.2 Å². The highest BCUT2D eigenvalue weighted by molar-refractivity contribution is 7.87. The number of ether oxygens (including phenoxy) is 2. The molecule has 7 heteroatoms. The number of morpholine rings is 1. The maximum Gasteiger partial charge on any atom is 0.279 e. The van der Waals surface area contributed by atoms with Gasteiger partial charge in [-0.25, -0.2) is 4.72 Å². The first-order valence-electron chi connectivity index (χ1n) is 6.35. The monoisotopic (exact) mass is 280 g/mol. The number of hydrogen-bond acceptors (Lipinski definition) is 4. The molecule has 0 aliphatic carbocycles. The molecular formula is C11H24N2O4S. The lowest BCUT2D eigenvalue weighted by molar-refractivity contribution is -0.0443. The summed E-state index contributed by atoms with van der Waals surface area (Å²) in [4.78, 5) is 0. The molecule has 2 atom stereocenters. The molecule has 2 unspecified atom stereocenters. The van der Waals surface area contributed by atoms with Crippen LogP contribution in [0.5, 0.6) is 0 Å². The van der Waals surface area contributed by atoms with Crippen LogP contribution in [0, 0.1) is 0 Å². The molecule has 0 aromatic rings. The van der Waals surface area contributed by atoms with E-state index in [4.69, 9.17) is 9.47 Å². The van der Waals surface area contributed by atoms with Crippen LogP contribution in [0.4, 0.5) is 0 Å². The van der Waals surface area contributed by atoms with E-state index in [1.165, 1.54) is 4.31 Å². The average Bonchev–Trinajstić information content (AvgIpc) is 2.27. The minimum atomic E-state index is -3.37. The lowest BCUT2D eigenvalue weighted by Gasteiger charge is -2.34. The number of unbranched alkanes of at least 4 members (excludes halogenated alkanes) is 1. The second-order valence-electron chi connectivity index (χ2n) is 4.67. The molecule has 0 bridgehead atoms. The molecule has 1 N–H and O–H groups in total. The first-order chi connectivity index (χ1) is 8.45. The standard InChI is InChI=1S/C11H24N2O4S/c1-10-8-13(9-11(2)17-10)18(14,15)12-6-4-5-7-16-3/h10-12H,4-9H2,1-3H3. The van der Waals surface area contributed by atoms with E-state index in [9.17, 15) is 8.42 Å². The highest BCUT2D eigenvalue weighted by atomic mass is 32.2. The number of rotatable bonds is 7. The van der Waals surface area contributed by atoms with Gasteiger partial charge in [0, 0.05) is 33.4 Å². The van der Waals surface area contributed by atoms with Gasteiger partial charge in [0.2, 0.25) is 0 Å². The topological polar surface area (TPSA) is 67.9 Å². The van der Waals surface area contributed by atoms with Crippen molar-refractivity contribution in [2.24, 2.45) is 0 Å². The Bertz CT molecular complexity index is 324. The fraction of sp³-hybridized carbons (Fsp3) is 1.00. The maximum atomic E-state index is 12.0. The quantitative estimate of drug-likeness (QED) is 0.684. The molecule has 0 aromatic heterocycles. The van der Waals surface area contributed by atoms with Gasteiger partial charge in [-0.1, -0.05) is 0 Å². The molecule has 108 valence electrons. The van der Waals surface area contributed by atoms with Gasteiger partial charge >= 0.3 is 0 Å². The first kappa shape index (κ1) is 15.8. The summed E-state index contributed by atoms with van der Waals surface area (Å²) in [6.07, 6.45) is 1.52. The zero-order chi connectivity index (χ0) is 13.6. The van der Waals surface area contributed by atoms with Crippen LogP contribution in [0.25, 0.3) is 0 Å². The smallest absolute Gasteiger partial charge is 0.279 e. The predicted molar refractivity (Wildman–Crippen MR) is 69.6 cm³/mol.